The van der Waals surface area contributed by atoms with Crippen molar-refractivity contribution >= 4 is 5.91 Å². The molecule has 2 heteroatoms. The summed E-state index contributed by atoms with van der Waals surface area (Å²) in [5.41, 5.74) is 0.783. The second-order valence-corrected chi connectivity index (χ2v) is 10.0. The molecule has 0 spiro atoms. The van der Waals surface area contributed by atoms with Gasteiger partial charge in [0.15, 0.2) is 0 Å². The predicted molar refractivity (Wildman–Crippen MR) is 96.2 cm³/mol. The number of hydrogen-bond donors (Lipinski definition) is 0. The topological polar surface area (TPSA) is 20.3 Å². The SMILES string of the molecule is CCCCC1CCC(C(=O)N2CC3(C)CC2CC(C)(C)C3)CC1. The molecule has 2 aliphatic carbocycles. The van der Waals surface area contributed by atoms with E-state index in [4.69, 9.17) is 0 Å². The number of amides is 1. The average Bonchev–Trinajstić information content (AvgIpc) is 2.74. The highest BCUT2D eigenvalue weighted by Crippen LogP contribution is 2.53. The van der Waals surface area contributed by atoms with Gasteiger partial charge in [-0.1, -0.05) is 47.0 Å². The maximum absolute atomic E-state index is 13.1. The lowest BCUT2D eigenvalue weighted by Gasteiger charge is -2.39. The highest BCUT2D eigenvalue weighted by atomic mass is 16.2. The Balaban J connectivity index is 1.57. The first-order valence-electron chi connectivity index (χ1n) is 10.1. The van der Waals surface area contributed by atoms with Crippen molar-refractivity contribution in [3.05, 3.63) is 0 Å². The first kappa shape index (κ1) is 17.3. The van der Waals surface area contributed by atoms with E-state index in [1.807, 2.05) is 0 Å². The van der Waals surface area contributed by atoms with Crippen LogP contribution in [0.3, 0.4) is 0 Å². The van der Waals surface area contributed by atoms with Gasteiger partial charge in [0, 0.05) is 18.5 Å². The van der Waals surface area contributed by atoms with Crippen LogP contribution in [0.5, 0.6) is 0 Å². The van der Waals surface area contributed by atoms with Crippen LogP contribution in [0, 0.1) is 22.7 Å². The molecule has 1 saturated heterocycles. The molecule has 1 amide bonds. The molecule has 0 N–H and O–H groups in total. The standard InChI is InChI=1S/C21H37NO/c1-5-6-7-16-8-10-17(11-9-16)19(23)22-15-21(4)13-18(22)12-20(2,3)14-21/h16-18H,5-15H2,1-4H3. The van der Waals surface area contributed by atoms with Crippen LogP contribution in [0.15, 0.2) is 0 Å². The van der Waals surface area contributed by atoms with Crippen molar-refractivity contribution in [3.8, 4) is 0 Å². The second kappa shape index (κ2) is 6.41. The first-order valence-corrected chi connectivity index (χ1v) is 10.1. The third kappa shape index (κ3) is 3.77. The summed E-state index contributed by atoms with van der Waals surface area (Å²) in [6, 6.07) is 0.522. The van der Waals surface area contributed by atoms with E-state index < -0.39 is 0 Å². The average molecular weight is 320 g/mol. The molecule has 23 heavy (non-hydrogen) atoms. The number of rotatable bonds is 4. The van der Waals surface area contributed by atoms with Gasteiger partial charge in [0.25, 0.3) is 0 Å². The lowest BCUT2D eigenvalue weighted by molar-refractivity contribution is -0.138. The number of likely N-dealkylation sites (tertiary alicyclic amines) is 1. The Morgan fingerprint density at radius 1 is 1.09 bits per heavy atom. The van der Waals surface area contributed by atoms with Crippen LogP contribution in [0.25, 0.3) is 0 Å². The fourth-order valence-corrected chi connectivity index (χ4v) is 6.14. The quantitative estimate of drug-likeness (QED) is 0.678. The number of nitrogens with zero attached hydrogens (tertiary/aromatic N) is 1. The molecule has 0 aromatic heterocycles. The summed E-state index contributed by atoms with van der Waals surface area (Å²) in [7, 11) is 0. The lowest BCUT2D eigenvalue weighted by atomic mass is 9.65. The number of fused-ring (bicyclic) bond motifs is 2. The van der Waals surface area contributed by atoms with Crippen LogP contribution in [0.4, 0.5) is 0 Å². The Hall–Kier alpha value is -0.530. The van der Waals surface area contributed by atoms with Crippen LogP contribution in [0.2, 0.25) is 0 Å². The summed E-state index contributed by atoms with van der Waals surface area (Å²) in [4.78, 5) is 15.5. The summed E-state index contributed by atoms with van der Waals surface area (Å²) in [6.07, 6.45) is 12.7. The van der Waals surface area contributed by atoms with Crippen molar-refractivity contribution < 1.29 is 4.79 Å². The van der Waals surface area contributed by atoms with E-state index in [9.17, 15) is 4.79 Å². The van der Waals surface area contributed by atoms with Gasteiger partial charge in [0.05, 0.1) is 0 Å². The van der Waals surface area contributed by atoms with Crippen LogP contribution >= 0.6 is 0 Å². The van der Waals surface area contributed by atoms with E-state index >= 15 is 0 Å². The number of hydrogen-bond acceptors (Lipinski definition) is 1. The van der Waals surface area contributed by atoms with E-state index in [-0.39, 0.29) is 0 Å². The Morgan fingerprint density at radius 2 is 1.78 bits per heavy atom. The predicted octanol–water partition coefficient (Wildman–Crippen LogP) is 5.41. The van der Waals surface area contributed by atoms with Gasteiger partial charge in [0.2, 0.25) is 5.91 Å². The molecule has 0 aromatic carbocycles. The minimum atomic E-state index is 0.332. The minimum absolute atomic E-state index is 0.332. The Kier molecular flexibility index (Phi) is 4.82. The van der Waals surface area contributed by atoms with Gasteiger partial charge in [-0.05, 0) is 61.7 Å². The monoisotopic (exact) mass is 319 g/mol. The van der Waals surface area contributed by atoms with Crippen molar-refractivity contribution in [1.29, 1.82) is 0 Å². The van der Waals surface area contributed by atoms with E-state index in [2.05, 4.69) is 32.6 Å². The molecule has 2 saturated carbocycles. The van der Waals surface area contributed by atoms with Crippen LogP contribution in [0.1, 0.15) is 91.9 Å². The van der Waals surface area contributed by atoms with Crippen molar-refractivity contribution in [2.75, 3.05) is 6.54 Å². The van der Waals surface area contributed by atoms with Crippen molar-refractivity contribution in [2.45, 2.75) is 97.9 Å². The summed E-state index contributed by atoms with van der Waals surface area (Å²) in [5.74, 6) is 1.73. The van der Waals surface area contributed by atoms with Gasteiger partial charge in [-0.2, -0.15) is 0 Å². The van der Waals surface area contributed by atoms with Crippen LogP contribution in [-0.2, 0) is 4.79 Å². The maximum atomic E-state index is 13.1. The molecule has 132 valence electrons. The molecule has 1 aliphatic heterocycles. The molecule has 3 rings (SSSR count). The minimum Gasteiger partial charge on any atom is -0.339 e. The van der Waals surface area contributed by atoms with Crippen LogP contribution < -0.4 is 0 Å². The number of carbonyl (C=O) groups excluding carboxylic acids is 1. The third-order valence-corrected chi connectivity index (χ3v) is 6.86. The molecule has 3 aliphatic rings. The number of unbranched alkanes of at least 4 members (excludes halogenated alkanes) is 1. The smallest absolute Gasteiger partial charge is 0.225 e. The molecule has 1 heterocycles. The molecule has 2 bridgehead atoms. The van der Waals surface area contributed by atoms with Gasteiger partial charge in [-0.25, -0.2) is 0 Å². The van der Waals surface area contributed by atoms with Crippen LogP contribution in [-0.4, -0.2) is 23.4 Å². The summed E-state index contributed by atoms with van der Waals surface area (Å²) >= 11 is 0. The van der Waals surface area contributed by atoms with E-state index in [1.165, 1.54) is 51.4 Å². The largest absolute Gasteiger partial charge is 0.339 e. The van der Waals surface area contributed by atoms with Gasteiger partial charge in [-0.3, -0.25) is 4.79 Å². The Bertz CT molecular complexity index is 435. The zero-order chi connectivity index (χ0) is 16.7. The van der Waals surface area contributed by atoms with Gasteiger partial charge in [0.1, 0.15) is 0 Å². The Labute approximate surface area is 143 Å². The fraction of sp³-hybridized carbons (Fsp3) is 0.952. The molecule has 2 unspecified atom stereocenters. The molecular weight excluding hydrogens is 282 g/mol. The molecule has 3 fully saturated rings. The fourth-order valence-electron chi connectivity index (χ4n) is 6.14. The first-order chi connectivity index (χ1) is 10.8. The second-order valence-electron chi connectivity index (χ2n) is 10.0. The third-order valence-electron chi connectivity index (χ3n) is 6.86. The van der Waals surface area contributed by atoms with E-state index in [1.54, 1.807) is 0 Å². The van der Waals surface area contributed by atoms with Crippen molar-refractivity contribution in [2.24, 2.45) is 22.7 Å². The van der Waals surface area contributed by atoms with Gasteiger partial charge in [-0.15, -0.1) is 0 Å². The normalized spacial score (nSPS) is 39.5. The van der Waals surface area contributed by atoms with Gasteiger partial charge < -0.3 is 4.90 Å². The summed E-state index contributed by atoms with van der Waals surface area (Å²) in [5, 5.41) is 0. The zero-order valence-electron chi connectivity index (χ0n) is 15.9. The maximum Gasteiger partial charge on any atom is 0.225 e. The van der Waals surface area contributed by atoms with E-state index in [0.717, 1.165) is 25.3 Å². The molecule has 2 nitrogen and oxygen atoms in total. The highest BCUT2D eigenvalue weighted by Gasteiger charge is 2.51. The zero-order valence-corrected chi connectivity index (χ0v) is 15.9. The van der Waals surface area contributed by atoms with Gasteiger partial charge >= 0.3 is 0 Å². The molecule has 0 radical (unpaired) electrons. The Morgan fingerprint density at radius 3 is 2.43 bits per heavy atom. The lowest BCUT2D eigenvalue weighted by Crippen LogP contribution is -2.41. The highest BCUT2D eigenvalue weighted by molar-refractivity contribution is 5.79. The van der Waals surface area contributed by atoms with Crippen molar-refractivity contribution in [3.63, 3.8) is 0 Å². The van der Waals surface area contributed by atoms with E-state index in [0.29, 0.717) is 28.7 Å². The van der Waals surface area contributed by atoms with Crippen molar-refractivity contribution in [1.82, 2.24) is 4.90 Å². The summed E-state index contributed by atoms with van der Waals surface area (Å²) in [6.45, 7) is 10.5. The molecule has 0 aromatic rings. The molecular formula is C21H37NO. The molecule has 2 atom stereocenters. The number of carbonyl (C=O) groups is 1. The summed E-state index contributed by atoms with van der Waals surface area (Å²) < 4.78 is 0.